The highest BCUT2D eigenvalue weighted by Crippen LogP contribution is 2.13. The van der Waals surface area contributed by atoms with E-state index in [1.165, 1.54) is 11.3 Å². The van der Waals surface area contributed by atoms with E-state index in [-0.39, 0.29) is 0 Å². The molecule has 0 spiro atoms. The van der Waals surface area contributed by atoms with Gasteiger partial charge in [0, 0.05) is 18.2 Å². The highest BCUT2D eigenvalue weighted by Gasteiger charge is 2.04. The fourth-order valence-corrected chi connectivity index (χ4v) is 1.91. The highest BCUT2D eigenvalue weighted by molar-refractivity contribution is 5.46. The second-order valence-corrected chi connectivity index (χ2v) is 4.53. The van der Waals surface area contributed by atoms with Crippen LogP contribution >= 0.6 is 0 Å². The molecular formula is C15H19NO. The Labute approximate surface area is 103 Å². The van der Waals surface area contributed by atoms with Crippen LogP contribution in [0.4, 0.5) is 5.69 Å². The minimum Gasteiger partial charge on any atom is -0.469 e. The Bertz CT molecular complexity index is 448. The molecule has 0 bridgehead atoms. The Morgan fingerprint density at radius 1 is 1.24 bits per heavy atom. The first-order chi connectivity index (χ1) is 8.24. The van der Waals surface area contributed by atoms with Crippen molar-refractivity contribution in [1.82, 2.24) is 0 Å². The zero-order valence-electron chi connectivity index (χ0n) is 10.4. The van der Waals surface area contributed by atoms with Gasteiger partial charge in [-0.2, -0.15) is 0 Å². The molecule has 0 aliphatic rings. The smallest absolute Gasteiger partial charge is 0.103 e. The van der Waals surface area contributed by atoms with E-state index < -0.39 is 0 Å². The molecule has 1 unspecified atom stereocenters. The first kappa shape index (κ1) is 11.8. The molecule has 2 rings (SSSR count). The summed E-state index contributed by atoms with van der Waals surface area (Å²) in [5.41, 5.74) is 2.48. The van der Waals surface area contributed by atoms with E-state index >= 15 is 0 Å². The maximum absolute atomic E-state index is 5.33. The monoisotopic (exact) mass is 229 g/mol. The van der Waals surface area contributed by atoms with Crippen molar-refractivity contribution >= 4 is 5.69 Å². The van der Waals surface area contributed by atoms with Gasteiger partial charge in [-0.05, 0) is 50.1 Å². The lowest BCUT2D eigenvalue weighted by molar-refractivity contribution is 0.495. The molecule has 0 saturated carbocycles. The molecule has 90 valence electrons. The van der Waals surface area contributed by atoms with Crippen LogP contribution in [0, 0.1) is 6.92 Å². The largest absolute Gasteiger partial charge is 0.469 e. The molecule has 0 amide bonds. The summed E-state index contributed by atoms with van der Waals surface area (Å²) in [4.78, 5) is 0. The average molecular weight is 229 g/mol. The molecule has 1 atom stereocenters. The Hall–Kier alpha value is -1.70. The van der Waals surface area contributed by atoms with Crippen molar-refractivity contribution in [3.63, 3.8) is 0 Å². The number of anilines is 1. The van der Waals surface area contributed by atoms with E-state index in [2.05, 4.69) is 43.4 Å². The van der Waals surface area contributed by atoms with Gasteiger partial charge >= 0.3 is 0 Å². The lowest BCUT2D eigenvalue weighted by Gasteiger charge is -2.14. The lowest BCUT2D eigenvalue weighted by atomic mass is 10.1. The number of furan rings is 1. The second-order valence-electron chi connectivity index (χ2n) is 4.53. The van der Waals surface area contributed by atoms with Crippen LogP contribution in [-0.2, 0) is 6.42 Å². The Morgan fingerprint density at radius 2 is 2.12 bits per heavy atom. The standard InChI is InChI=1S/C15H19NO/c1-12-5-3-6-14(11-12)16-13(2)8-9-15-7-4-10-17-15/h3-7,10-11,13,16H,8-9H2,1-2H3. The molecule has 0 radical (unpaired) electrons. The minimum absolute atomic E-state index is 0.446. The summed E-state index contributed by atoms with van der Waals surface area (Å²) in [6, 6.07) is 12.9. The molecule has 2 heteroatoms. The van der Waals surface area contributed by atoms with Crippen LogP contribution in [0.15, 0.2) is 47.1 Å². The van der Waals surface area contributed by atoms with Gasteiger partial charge in [0.15, 0.2) is 0 Å². The van der Waals surface area contributed by atoms with E-state index in [1.54, 1.807) is 6.26 Å². The number of benzene rings is 1. The molecule has 0 aliphatic carbocycles. The van der Waals surface area contributed by atoms with Crippen LogP contribution < -0.4 is 5.32 Å². The van der Waals surface area contributed by atoms with Crippen molar-refractivity contribution in [2.24, 2.45) is 0 Å². The van der Waals surface area contributed by atoms with E-state index in [9.17, 15) is 0 Å². The quantitative estimate of drug-likeness (QED) is 0.837. The van der Waals surface area contributed by atoms with Crippen molar-refractivity contribution in [1.29, 1.82) is 0 Å². The van der Waals surface area contributed by atoms with E-state index in [0.717, 1.165) is 18.6 Å². The summed E-state index contributed by atoms with van der Waals surface area (Å²) in [6.45, 7) is 4.31. The van der Waals surface area contributed by atoms with Crippen LogP contribution in [0.2, 0.25) is 0 Å². The van der Waals surface area contributed by atoms with E-state index in [0.29, 0.717) is 6.04 Å². The first-order valence-corrected chi connectivity index (χ1v) is 6.09. The maximum Gasteiger partial charge on any atom is 0.103 e. The number of hydrogen-bond donors (Lipinski definition) is 1. The predicted molar refractivity (Wildman–Crippen MR) is 71.3 cm³/mol. The summed E-state index contributed by atoms with van der Waals surface area (Å²) in [5, 5.41) is 3.50. The third-order valence-corrected chi connectivity index (χ3v) is 2.83. The third-order valence-electron chi connectivity index (χ3n) is 2.83. The summed E-state index contributed by atoms with van der Waals surface area (Å²) in [5.74, 6) is 1.06. The predicted octanol–water partition coefficient (Wildman–Crippen LogP) is 4.02. The van der Waals surface area contributed by atoms with Crippen LogP contribution in [0.1, 0.15) is 24.7 Å². The molecule has 2 nitrogen and oxygen atoms in total. The van der Waals surface area contributed by atoms with Gasteiger partial charge in [-0.15, -0.1) is 0 Å². The van der Waals surface area contributed by atoms with Crippen molar-refractivity contribution in [3.8, 4) is 0 Å². The van der Waals surface area contributed by atoms with Crippen molar-refractivity contribution < 1.29 is 4.42 Å². The molecule has 0 saturated heterocycles. The van der Waals surface area contributed by atoms with Gasteiger partial charge in [0.05, 0.1) is 6.26 Å². The summed E-state index contributed by atoms with van der Waals surface area (Å²) >= 11 is 0. The van der Waals surface area contributed by atoms with Crippen LogP contribution in [0.3, 0.4) is 0 Å². The molecular weight excluding hydrogens is 210 g/mol. The molecule has 17 heavy (non-hydrogen) atoms. The molecule has 1 aromatic carbocycles. The van der Waals surface area contributed by atoms with Gasteiger partial charge in [0.25, 0.3) is 0 Å². The van der Waals surface area contributed by atoms with Gasteiger partial charge in [-0.1, -0.05) is 12.1 Å². The Morgan fingerprint density at radius 3 is 2.82 bits per heavy atom. The minimum atomic E-state index is 0.446. The normalized spacial score (nSPS) is 12.4. The third kappa shape index (κ3) is 3.66. The topological polar surface area (TPSA) is 25.2 Å². The maximum atomic E-state index is 5.33. The fraction of sp³-hybridized carbons (Fsp3) is 0.333. The second kappa shape index (κ2) is 5.58. The summed E-state index contributed by atoms with van der Waals surface area (Å²) < 4.78 is 5.33. The van der Waals surface area contributed by atoms with Gasteiger partial charge in [-0.3, -0.25) is 0 Å². The van der Waals surface area contributed by atoms with Crippen molar-refractivity contribution in [3.05, 3.63) is 54.0 Å². The Balaban J connectivity index is 1.83. The summed E-state index contributed by atoms with van der Waals surface area (Å²) in [7, 11) is 0. The first-order valence-electron chi connectivity index (χ1n) is 6.09. The molecule has 1 aromatic heterocycles. The van der Waals surface area contributed by atoms with Gasteiger partial charge in [0.1, 0.15) is 5.76 Å². The molecule has 2 aromatic rings. The van der Waals surface area contributed by atoms with Crippen molar-refractivity contribution in [2.75, 3.05) is 5.32 Å². The number of hydrogen-bond acceptors (Lipinski definition) is 2. The average Bonchev–Trinajstić information content (AvgIpc) is 2.79. The lowest BCUT2D eigenvalue weighted by Crippen LogP contribution is -2.15. The van der Waals surface area contributed by atoms with E-state index in [4.69, 9.17) is 4.42 Å². The van der Waals surface area contributed by atoms with Crippen LogP contribution in [0.5, 0.6) is 0 Å². The molecule has 1 N–H and O–H groups in total. The number of nitrogens with one attached hydrogen (secondary N) is 1. The van der Waals surface area contributed by atoms with Crippen molar-refractivity contribution in [2.45, 2.75) is 32.7 Å². The van der Waals surface area contributed by atoms with Crippen LogP contribution in [-0.4, -0.2) is 6.04 Å². The zero-order chi connectivity index (χ0) is 12.1. The van der Waals surface area contributed by atoms with Gasteiger partial charge in [0.2, 0.25) is 0 Å². The SMILES string of the molecule is Cc1cccc(NC(C)CCc2ccco2)c1. The van der Waals surface area contributed by atoms with E-state index in [1.807, 2.05) is 12.1 Å². The molecule has 0 aliphatic heterocycles. The number of aryl methyl sites for hydroxylation is 2. The van der Waals surface area contributed by atoms with Gasteiger partial charge < -0.3 is 9.73 Å². The number of rotatable bonds is 5. The molecule has 0 fully saturated rings. The highest BCUT2D eigenvalue weighted by atomic mass is 16.3. The van der Waals surface area contributed by atoms with Crippen LogP contribution in [0.25, 0.3) is 0 Å². The Kier molecular flexibility index (Phi) is 3.86. The fourth-order valence-electron chi connectivity index (χ4n) is 1.91. The summed E-state index contributed by atoms with van der Waals surface area (Å²) in [6.07, 6.45) is 3.78. The molecule has 1 heterocycles. The van der Waals surface area contributed by atoms with Gasteiger partial charge in [-0.25, -0.2) is 0 Å². The zero-order valence-corrected chi connectivity index (χ0v) is 10.4.